The lowest BCUT2D eigenvalue weighted by molar-refractivity contribution is -0.116. The Labute approximate surface area is 170 Å². The van der Waals surface area contributed by atoms with Crippen LogP contribution in [0.5, 0.6) is 0 Å². The van der Waals surface area contributed by atoms with E-state index in [-0.39, 0.29) is 12.1 Å². The number of rotatable bonds is 5. The second-order valence-electron chi connectivity index (χ2n) is 6.81. The van der Waals surface area contributed by atoms with Gasteiger partial charge in [-0.1, -0.05) is 24.3 Å². The highest BCUT2D eigenvalue weighted by atomic mass is 32.1. The van der Waals surface area contributed by atoms with Gasteiger partial charge < -0.3 is 15.1 Å². The van der Waals surface area contributed by atoms with E-state index in [1.807, 2.05) is 0 Å². The molecule has 0 saturated carbocycles. The van der Waals surface area contributed by atoms with Crippen molar-refractivity contribution in [1.82, 2.24) is 19.4 Å². The summed E-state index contributed by atoms with van der Waals surface area (Å²) in [5, 5.41) is 3.36. The first-order valence-corrected chi connectivity index (χ1v) is 10.2. The molecule has 1 N–H and O–H groups in total. The van der Waals surface area contributed by atoms with E-state index in [9.17, 15) is 14.0 Å². The Morgan fingerprint density at radius 2 is 2.07 bits per heavy atom. The minimum atomic E-state index is -0.444. The molecule has 29 heavy (non-hydrogen) atoms. The quantitative estimate of drug-likeness (QED) is 0.683. The summed E-state index contributed by atoms with van der Waals surface area (Å²) in [6, 6.07) is 5.60. The van der Waals surface area contributed by atoms with Gasteiger partial charge in [0.25, 0.3) is 5.56 Å². The van der Waals surface area contributed by atoms with Crippen molar-refractivity contribution in [2.75, 3.05) is 42.9 Å². The molecule has 1 aromatic carbocycles. The molecule has 0 spiro atoms. The van der Waals surface area contributed by atoms with Crippen LogP contribution in [0.4, 0.5) is 15.2 Å². The molecule has 10 heteroatoms. The van der Waals surface area contributed by atoms with Crippen LogP contribution >= 0.6 is 11.3 Å². The minimum Gasteiger partial charge on any atom is -0.345 e. The maximum atomic E-state index is 13.3. The molecule has 3 aromatic rings. The van der Waals surface area contributed by atoms with Crippen LogP contribution in [0, 0.1) is 5.82 Å². The SMILES string of the molecule is CCN1CCN(c2nc3ncn(CC(=O)Nc4cccc(F)c4)c(=O)c3s2)CC1. The number of fused-ring (bicyclic) bond motifs is 1. The lowest BCUT2D eigenvalue weighted by Crippen LogP contribution is -2.46. The van der Waals surface area contributed by atoms with Gasteiger partial charge >= 0.3 is 0 Å². The zero-order valence-electron chi connectivity index (χ0n) is 16.0. The normalized spacial score (nSPS) is 15.0. The average molecular weight is 416 g/mol. The first kappa shape index (κ1) is 19.5. The monoisotopic (exact) mass is 416 g/mol. The Kier molecular flexibility index (Phi) is 5.54. The number of piperazine rings is 1. The van der Waals surface area contributed by atoms with E-state index in [0.29, 0.717) is 16.0 Å². The number of thiazole rings is 1. The molecule has 1 amide bonds. The second-order valence-corrected chi connectivity index (χ2v) is 7.78. The van der Waals surface area contributed by atoms with E-state index in [2.05, 4.69) is 32.0 Å². The number of nitrogens with one attached hydrogen (secondary N) is 1. The van der Waals surface area contributed by atoms with Crippen molar-refractivity contribution >= 4 is 38.4 Å². The van der Waals surface area contributed by atoms with Gasteiger partial charge in [-0.05, 0) is 24.7 Å². The number of amides is 1. The minimum absolute atomic E-state index is 0.208. The van der Waals surface area contributed by atoms with Gasteiger partial charge in [0.2, 0.25) is 5.91 Å². The molecule has 0 radical (unpaired) electrons. The molecule has 1 aliphatic rings. The van der Waals surface area contributed by atoms with Crippen LogP contribution in [0.3, 0.4) is 0 Å². The zero-order chi connectivity index (χ0) is 20.4. The lowest BCUT2D eigenvalue weighted by atomic mass is 10.3. The molecule has 0 aliphatic carbocycles. The Hall–Kier alpha value is -2.85. The molecule has 0 unspecified atom stereocenters. The Morgan fingerprint density at radius 3 is 2.79 bits per heavy atom. The number of nitrogens with zero attached hydrogens (tertiary/aromatic N) is 5. The molecule has 3 heterocycles. The number of hydrogen-bond donors (Lipinski definition) is 1. The topological polar surface area (TPSA) is 83.4 Å². The van der Waals surface area contributed by atoms with Gasteiger partial charge in [-0.3, -0.25) is 14.2 Å². The van der Waals surface area contributed by atoms with Crippen LogP contribution < -0.4 is 15.8 Å². The van der Waals surface area contributed by atoms with E-state index >= 15 is 0 Å². The Bertz CT molecular complexity index is 1090. The van der Waals surface area contributed by atoms with Crippen LogP contribution in [0.15, 0.2) is 35.4 Å². The maximum absolute atomic E-state index is 13.3. The number of likely N-dealkylation sites (N-methyl/N-ethyl adjacent to an activating group) is 1. The smallest absolute Gasteiger partial charge is 0.273 e. The van der Waals surface area contributed by atoms with E-state index < -0.39 is 11.7 Å². The predicted molar refractivity (Wildman–Crippen MR) is 111 cm³/mol. The highest BCUT2D eigenvalue weighted by Gasteiger charge is 2.20. The molecule has 0 atom stereocenters. The van der Waals surface area contributed by atoms with Gasteiger partial charge in [0.15, 0.2) is 10.8 Å². The molecule has 4 rings (SSSR count). The number of benzene rings is 1. The first-order valence-electron chi connectivity index (χ1n) is 9.42. The van der Waals surface area contributed by atoms with Crippen molar-refractivity contribution in [3.63, 3.8) is 0 Å². The summed E-state index contributed by atoms with van der Waals surface area (Å²) in [5.74, 6) is -0.876. The number of halogens is 1. The molecular formula is C19H21FN6O2S. The fraction of sp³-hybridized carbons (Fsp3) is 0.368. The number of anilines is 2. The van der Waals surface area contributed by atoms with E-state index in [1.165, 1.54) is 40.4 Å². The van der Waals surface area contributed by atoms with Gasteiger partial charge in [-0.2, -0.15) is 4.98 Å². The summed E-state index contributed by atoms with van der Waals surface area (Å²) < 4.78 is 14.9. The third-order valence-corrected chi connectivity index (χ3v) is 5.98. The third-order valence-electron chi connectivity index (χ3n) is 4.88. The summed E-state index contributed by atoms with van der Waals surface area (Å²) in [7, 11) is 0. The number of aromatic nitrogens is 3. The van der Waals surface area contributed by atoms with Crippen molar-refractivity contribution < 1.29 is 9.18 Å². The van der Waals surface area contributed by atoms with Gasteiger partial charge in [0.05, 0.1) is 0 Å². The summed E-state index contributed by atoms with van der Waals surface area (Å²) >= 11 is 1.31. The predicted octanol–water partition coefficient (Wildman–Crippen LogP) is 1.77. The zero-order valence-corrected chi connectivity index (χ0v) is 16.8. The first-order chi connectivity index (χ1) is 14.0. The van der Waals surface area contributed by atoms with Gasteiger partial charge in [-0.15, -0.1) is 0 Å². The van der Waals surface area contributed by atoms with Crippen LogP contribution in [0.25, 0.3) is 10.3 Å². The highest BCUT2D eigenvalue weighted by molar-refractivity contribution is 7.22. The molecule has 2 aromatic heterocycles. The molecule has 1 fully saturated rings. The standard InChI is InChI=1S/C19H21FN6O2S/c1-2-24-6-8-25(9-7-24)19-23-17-16(29-19)18(28)26(12-21-17)11-15(27)22-14-5-3-4-13(20)10-14/h3-5,10,12H,2,6-9,11H2,1H3,(H,22,27). The van der Waals surface area contributed by atoms with E-state index in [1.54, 1.807) is 6.07 Å². The summed E-state index contributed by atoms with van der Waals surface area (Å²) in [6.07, 6.45) is 1.33. The van der Waals surface area contributed by atoms with Gasteiger partial charge in [0.1, 0.15) is 23.4 Å². The molecular weight excluding hydrogens is 395 g/mol. The van der Waals surface area contributed by atoms with Gasteiger partial charge in [-0.25, -0.2) is 9.37 Å². The van der Waals surface area contributed by atoms with E-state index in [0.717, 1.165) is 37.9 Å². The van der Waals surface area contributed by atoms with Crippen LogP contribution in [0.2, 0.25) is 0 Å². The van der Waals surface area contributed by atoms with Crippen LogP contribution in [-0.2, 0) is 11.3 Å². The molecule has 0 bridgehead atoms. The molecule has 1 aliphatic heterocycles. The van der Waals surface area contributed by atoms with Crippen LogP contribution in [-0.4, -0.2) is 58.1 Å². The van der Waals surface area contributed by atoms with E-state index in [4.69, 9.17) is 0 Å². The van der Waals surface area contributed by atoms with Gasteiger partial charge in [0, 0.05) is 31.9 Å². The lowest BCUT2D eigenvalue weighted by Gasteiger charge is -2.33. The van der Waals surface area contributed by atoms with Crippen LogP contribution in [0.1, 0.15) is 6.92 Å². The number of carbonyl (C=O) groups is 1. The van der Waals surface area contributed by atoms with Crippen molar-refractivity contribution in [3.05, 3.63) is 46.8 Å². The Morgan fingerprint density at radius 1 is 1.28 bits per heavy atom. The number of hydrogen-bond acceptors (Lipinski definition) is 7. The second kappa shape index (κ2) is 8.26. The Balaban J connectivity index is 1.50. The summed E-state index contributed by atoms with van der Waals surface area (Å²) in [4.78, 5) is 38.3. The highest BCUT2D eigenvalue weighted by Crippen LogP contribution is 2.26. The summed E-state index contributed by atoms with van der Waals surface area (Å²) in [5.41, 5.74) is 0.429. The molecule has 8 nitrogen and oxygen atoms in total. The van der Waals surface area contributed by atoms with Crippen molar-refractivity contribution in [1.29, 1.82) is 0 Å². The van der Waals surface area contributed by atoms with Crippen molar-refractivity contribution in [3.8, 4) is 0 Å². The summed E-state index contributed by atoms with van der Waals surface area (Å²) in [6.45, 7) is 6.60. The largest absolute Gasteiger partial charge is 0.345 e. The molecule has 1 saturated heterocycles. The van der Waals surface area contributed by atoms with Crippen molar-refractivity contribution in [2.45, 2.75) is 13.5 Å². The molecule has 152 valence electrons. The third kappa shape index (κ3) is 4.28. The van der Waals surface area contributed by atoms with Crippen molar-refractivity contribution in [2.24, 2.45) is 0 Å². The number of carbonyl (C=O) groups excluding carboxylic acids is 1. The maximum Gasteiger partial charge on any atom is 0.273 e. The fourth-order valence-corrected chi connectivity index (χ4v) is 4.28. The fourth-order valence-electron chi connectivity index (χ4n) is 3.26. The average Bonchev–Trinajstić information content (AvgIpc) is 3.15.